The Bertz CT molecular complexity index is 404. The molecule has 0 aliphatic carbocycles. The largest absolute Gasteiger partial charge is 0.497 e. The van der Waals surface area contributed by atoms with E-state index in [2.05, 4.69) is 11.8 Å². The zero-order chi connectivity index (χ0) is 11.4. The fourth-order valence-electron chi connectivity index (χ4n) is 1.11. The van der Waals surface area contributed by atoms with Crippen molar-refractivity contribution in [3.63, 3.8) is 0 Å². The van der Waals surface area contributed by atoms with Crippen LogP contribution in [-0.2, 0) is 4.74 Å². The van der Waals surface area contributed by atoms with Gasteiger partial charge in [0.05, 0.1) is 24.8 Å². The highest BCUT2D eigenvalue weighted by Crippen LogP contribution is 2.35. The molecule has 0 saturated heterocycles. The first-order chi connectivity index (χ1) is 7.13. The smallest absolute Gasteiger partial charge is 0.131 e. The molecule has 5 heteroatoms. The van der Waals surface area contributed by atoms with Gasteiger partial charge in [-0.1, -0.05) is 18.2 Å². The molecule has 0 amide bonds. The molecule has 80 valence electrons. The van der Waals surface area contributed by atoms with Gasteiger partial charge in [0, 0.05) is 6.07 Å². The summed E-state index contributed by atoms with van der Waals surface area (Å²) in [4.78, 5) is 10.4. The number of methoxy groups -OCH3 is 2. The molecule has 0 heterocycles. The van der Waals surface area contributed by atoms with Gasteiger partial charge in [-0.3, -0.25) is 0 Å². The van der Waals surface area contributed by atoms with E-state index < -0.39 is 0 Å². The highest BCUT2D eigenvalue weighted by atomic mass is 35.5. The SMILES string of the molecule is C=C(OC)c1cc(N=O)c(Cl)cc1OC. The van der Waals surface area contributed by atoms with Crippen molar-refractivity contribution < 1.29 is 9.47 Å². The number of nitrogens with zero attached hydrogens (tertiary/aromatic N) is 1. The number of halogens is 1. The van der Waals surface area contributed by atoms with Gasteiger partial charge >= 0.3 is 0 Å². The Morgan fingerprint density at radius 3 is 2.60 bits per heavy atom. The summed E-state index contributed by atoms with van der Waals surface area (Å²) in [5, 5.41) is 3.02. The van der Waals surface area contributed by atoms with E-state index in [0.29, 0.717) is 17.1 Å². The summed E-state index contributed by atoms with van der Waals surface area (Å²) >= 11 is 5.78. The maximum absolute atomic E-state index is 10.4. The molecule has 0 spiro atoms. The lowest BCUT2D eigenvalue weighted by molar-refractivity contribution is 0.363. The monoisotopic (exact) mass is 227 g/mol. The molecule has 0 saturated carbocycles. The molecule has 1 aromatic rings. The number of ether oxygens (including phenoxy) is 2. The Hall–Kier alpha value is -1.55. The van der Waals surface area contributed by atoms with Gasteiger partial charge in [-0.05, 0) is 11.2 Å². The molecule has 0 fully saturated rings. The summed E-state index contributed by atoms with van der Waals surface area (Å²) in [6.07, 6.45) is 0. The third-order valence-electron chi connectivity index (χ3n) is 1.91. The van der Waals surface area contributed by atoms with Gasteiger partial charge in [-0.25, -0.2) is 0 Å². The summed E-state index contributed by atoms with van der Waals surface area (Å²) in [5.41, 5.74) is 0.685. The number of hydrogen-bond acceptors (Lipinski definition) is 4. The van der Waals surface area contributed by atoms with Crippen LogP contribution in [0, 0.1) is 4.91 Å². The molecular weight excluding hydrogens is 218 g/mol. The van der Waals surface area contributed by atoms with E-state index in [1.807, 2.05) is 0 Å². The van der Waals surface area contributed by atoms with Crippen molar-refractivity contribution in [1.29, 1.82) is 0 Å². The first-order valence-corrected chi connectivity index (χ1v) is 4.46. The van der Waals surface area contributed by atoms with Crippen LogP contribution in [0.5, 0.6) is 5.75 Å². The first kappa shape index (κ1) is 11.5. The normalized spacial score (nSPS) is 9.53. The minimum Gasteiger partial charge on any atom is -0.497 e. The van der Waals surface area contributed by atoms with Crippen molar-refractivity contribution in [2.75, 3.05) is 14.2 Å². The van der Waals surface area contributed by atoms with Crippen molar-refractivity contribution >= 4 is 23.0 Å². The van der Waals surface area contributed by atoms with Gasteiger partial charge in [-0.2, -0.15) is 0 Å². The highest BCUT2D eigenvalue weighted by Gasteiger charge is 2.12. The van der Waals surface area contributed by atoms with Crippen LogP contribution in [0.2, 0.25) is 5.02 Å². The zero-order valence-corrected chi connectivity index (χ0v) is 9.17. The second-order valence-electron chi connectivity index (χ2n) is 2.72. The molecule has 15 heavy (non-hydrogen) atoms. The molecule has 4 nitrogen and oxygen atoms in total. The molecule has 1 aromatic carbocycles. The number of hydrogen-bond donors (Lipinski definition) is 0. The van der Waals surface area contributed by atoms with Crippen LogP contribution < -0.4 is 4.74 Å². The topological polar surface area (TPSA) is 47.9 Å². The Labute approximate surface area is 92.4 Å². The minimum absolute atomic E-state index is 0.130. The Morgan fingerprint density at radius 2 is 2.13 bits per heavy atom. The van der Waals surface area contributed by atoms with E-state index in [-0.39, 0.29) is 10.7 Å². The Kier molecular flexibility index (Phi) is 3.68. The van der Waals surface area contributed by atoms with Crippen LogP contribution in [0.3, 0.4) is 0 Å². The average Bonchev–Trinajstić information content (AvgIpc) is 2.27. The van der Waals surface area contributed by atoms with E-state index in [1.54, 1.807) is 0 Å². The summed E-state index contributed by atoms with van der Waals surface area (Å²) < 4.78 is 10.0. The number of benzene rings is 1. The molecule has 1 rings (SSSR count). The van der Waals surface area contributed by atoms with Crippen LogP contribution in [0.15, 0.2) is 23.9 Å². The van der Waals surface area contributed by atoms with E-state index in [1.165, 1.54) is 26.4 Å². The van der Waals surface area contributed by atoms with Crippen LogP contribution >= 0.6 is 11.6 Å². The molecular formula is C10H10ClNO3. The standard InChI is InChI=1S/C10H10ClNO3/c1-6(14-2)7-4-9(12-13)8(11)5-10(7)15-3/h4-5H,1H2,2-3H3. The first-order valence-electron chi connectivity index (χ1n) is 4.08. The van der Waals surface area contributed by atoms with Gasteiger partial charge in [0.2, 0.25) is 0 Å². The van der Waals surface area contributed by atoms with Gasteiger partial charge in [-0.15, -0.1) is 4.91 Å². The van der Waals surface area contributed by atoms with Gasteiger partial charge in [0.25, 0.3) is 0 Å². The molecule has 0 aliphatic heterocycles. The van der Waals surface area contributed by atoms with E-state index in [9.17, 15) is 4.91 Å². The Balaban J connectivity index is 3.34. The maximum atomic E-state index is 10.4. The van der Waals surface area contributed by atoms with Crippen molar-refractivity contribution in [2.45, 2.75) is 0 Å². The van der Waals surface area contributed by atoms with E-state index >= 15 is 0 Å². The maximum Gasteiger partial charge on any atom is 0.131 e. The third-order valence-corrected chi connectivity index (χ3v) is 2.22. The van der Waals surface area contributed by atoms with Gasteiger partial charge < -0.3 is 9.47 Å². The fraction of sp³-hybridized carbons (Fsp3) is 0.200. The molecule has 0 atom stereocenters. The third kappa shape index (κ3) is 2.27. The van der Waals surface area contributed by atoms with Crippen LogP contribution in [0.4, 0.5) is 5.69 Å². The molecule has 0 aromatic heterocycles. The average molecular weight is 228 g/mol. The highest BCUT2D eigenvalue weighted by molar-refractivity contribution is 6.33. The van der Waals surface area contributed by atoms with Crippen LogP contribution in [0.25, 0.3) is 5.76 Å². The van der Waals surface area contributed by atoms with Crippen molar-refractivity contribution in [1.82, 2.24) is 0 Å². The lowest BCUT2D eigenvalue weighted by Crippen LogP contribution is -1.92. The zero-order valence-electron chi connectivity index (χ0n) is 8.41. The lowest BCUT2D eigenvalue weighted by atomic mass is 10.1. The lowest BCUT2D eigenvalue weighted by Gasteiger charge is -2.10. The summed E-state index contributed by atoms with van der Waals surface area (Å²) in [6.45, 7) is 3.67. The summed E-state index contributed by atoms with van der Waals surface area (Å²) in [6, 6.07) is 2.97. The second-order valence-corrected chi connectivity index (χ2v) is 3.13. The molecule has 0 radical (unpaired) electrons. The molecule has 0 unspecified atom stereocenters. The van der Waals surface area contributed by atoms with Crippen molar-refractivity contribution in [2.24, 2.45) is 5.18 Å². The molecule has 0 N–H and O–H groups in total. The molecule has 0 aliphatic rings. The number of nitroso groups, excluding NO2 is 1. The fourth-order valence-corrected chi connectivity index (χ4v) is 1.30. The van der Waals surface area contributed by atoms with Crippen LogP contribution in [0.1, 0.15) is 5.56 Å². The predicted molar refractivity (Wildman–Crippen MR) is 59.5 cm³/mol. The molecule has 0 bridgehead atoms. The Morgan fingerprint density at radius 1 is 1.47 bits per heavy atom. The van der Waals surface area contributed by atoms with Gasteiger partial charge in [0.1, 0.15) is 17.2 Å². The van der Waals surface area contributed by atoms with E-state index in [4.69, 9.17) is 21.1 Å². The number of rotatable bonds is 4. The predicted octanol–water partition coefficient (Wildman–Crippen LogP) is 3.36. The minimum atomic E-state index is 0.130. The van der Waals surface area contributed by atoms with E-state index in [0.717, 1.165) is 0 Å². The van der Waals surface area contributed by atoms with Crippen molar-refractivity contribution in [3.05, 3.63) is 34.2 Å². The quantitative estimate of drug-likeness (QED) is 0.585. The summed E-state index contributed by atoms with van der Waals surface area (Å²) in [5.74, 6) is 0.868. The van der Waals surface area contributed by atoms with Crippen molar-refractivity contribution in [3.8, 4) is 5.75 Å². The summed E-state index contributed by atoms with van der Waals surface area (Å²) in [7, 11) is 2.97. The van der Waals surface area contributed by atoms with Gasteiger partial charge in [0.15, 0.2) is 0 Å². The second kappa shape index (κ2) is 4.79. The van der Waals surface area contributed by atoms with Crippen LogP contribution in [-0.4, -0.2) is 14.2 Å².